The van der Waals surface area contributed by atoms with Gasteiger partial charge in [0.1, 0.15) is 0 Å². The molecular formula is C18H24N4OS. The first-order chi connectivity index (χ1) is 11.8. The Morgan fingerprint density at radius 1 is 1.21 bits per heavy atom. The summed E-state index contributed by atoms with van der Waals surface area (Å²) in [5, 5.41) is 4.42. The van der Waals surface area contributed by atoms with Crippen LogP contribution < -0.4 is 4.90 Å². The molecule has 0 radical (unpaired) electrons. The van der Waals surface area contributed by atoms with Crippen LogP contribution in [0.3, 0.4) is 0 Å². The molecule has 2 saturated heterocycles. The summed E-state index contributed by atoms with van der Waals surface area (Å²) in [6, 6.07) is 4.11. The fourth-order valence-corrected chi connectivity index (χ4v) is 4.61. The average Bonchev–Trinajstić information content (AvgIpc) is 3.03. The molecular weight excluding hydrogens is 320 g/mol. The van der Waals surface area contributed by atoms with Crippen LogP contribution in [0.2, 0.25) is 0 Å². The lowest BCUT2D eigenvalue weighted by molar-refractivity contribution is 0.0106. The number of ether oxygens (including phenoxy) is 1. The van der Waals surface area contributed by atoms with Crippen molar-refractivity contribution < 1.29 is 4.74 Å². The van der Waals surface area contributed by atoms with Gasteiger partial charge in [0.15, 0.2) is 0 Å². The molecule has 2 fully saturated rings. The van der Waals surface area contributed by atoms with Crippen molar-refractivity contribution in [3.63, 3.8) is 0 Å². The number of hydrogen-bond acceptors (Lipinski definition) is 6. The molecule has 5 nitrogen and oxygen atoms in total. The Morgan fingerprint density at radius 3 is 2.96 bits per heavy atom. The SMILES string of the molecule is c1cnc(N2CCOCC3(CCCN(Cc4ccsc4)C3)C2)nc1. The highest BCUT2D eigenvalue weighted by molar-refractivity contribution is 7.07. The average molecular weight is 344 g/mol. The third-order valence-corrected chi connectivity index (χ3v) is 5.73. The molecule has 2 aliphatic heterocycles. The van der Waals surface area contributed by atoms with E-state index < -0.39 is 0 Å². The number of anilines is 1. The number of nitrogens with zero attached hydrogens (tertiary/aromatic N) is 4. The summed E-state index contributed by atoms with van der Waals surface area (Å²) in [7, 11) is 0. The number of hydrogen-bond donors (Lipinski definition) is 0. The van der Waals surface area contributed by atoms with E-state index in [2.05, 4.69) is 36.6 Å². The van der Waals surface area contributed by atoms with Crippen molar-refractivity contribution in [2.24, 2.45) is 5.41 Å². The van der Waals surface area contributed by atoms with Gasteiger partial charge in [0, 0.05) is 44.0 Å². The van der Waals surface area contributed by atoms with Gasteiger partial charge in [0.05, 0.1) is 13.2 Å². The lowest BCUT2D eigenvalue weighted by atomic mass is 9.80. The van der Waals surface area contributed by atoms with Crippen LogP contribution in [0.4, 0.5) is 5.95 Å². The zero-order chi connectivity index (χ0) is 16.2. The molecule has 24 heavy (non-hydrogen) atoms. The second-order valence-corrected chi connectivity index (χ2v) is 7.75. The molecule has 1 atom stereocenters. The predicted molar refractivity (Wildman–Crippen MR) is 96.3 cm³/mol. The second-order valence-electron chi connectivity index (χ2n) is 6.97. The van der Waals surface area contributed by atoms with Crippen molar-refractivity contribution in [3.8, 4) is 0 Å². The van der Waals surface area contributed by atoms with Gasteiger partial charge in [-0.25, -0.2) is 9.97 Å². The maximum absolute atomic E-state index is 6.00. The highest BCUT2D eigenvalue weighted by atomic mass is 32.1. The van der Waals surface area contributed by atoms with E-state index in [0.29, 0.717) is 0 Å². The largest absolute Gasteiger partial charge is 0.379 e. The van der Waals surface area contributed by atoms with E-state index in [1.165, 1.54) is 24.9 Å². The molecule has 0 aliphatic carbocycles. The van der Waals surface area contributed by atoms with E-state index in [1.807, 2.05) is 18.5 Å². The van der Waals surface area contributed by atoms with Crippen LogP contribution in [0.5, 0.6) is 0 Å². The van der Waals surface area contributed by atoms with Gasteiger partial charge in [-0.2, -0.15) is 11.3 Å². The first-order valence-electron chi connectivity index (χ1n) is 8.66. The highest BCUT2D eigenvalue weighted by Crippen LogP contribution is 2.34. The van der Waals surface area contributed by atoms with Crippen molar-refractivity contribution in [2.75, 3.05) is 44.3 Å². The minimum atomic E-state index is 0.184. The highest BCUT2D eigenvalue weighted by Gasteiger charge is 2.39. The molecule has 6 heteroatoms. The maximum atomic E-state index is 6.00. The molecule has 2 aliphatic rings. The molecule has 1 spiro atoms. The summed E-state index contributed by atoms with van der Waals surface area (Å²) in [6.07, 6.45) is 6.10. The number of likely N-dealkylation sites (tertiary alicyclic amines) is 1. The third kappa shape index (κ3) is 3.61. The predicted octanol–water partition coefficient (Wildman–Crippen LogP) is 2.66. The summed E-state index contributed by atoms with van der Waals surface area (Å²) < 4.78 is 6.00. The lowest BCUT2D eigenvalue weighted by Gasteiger charge is -2.43. The second kappa shape index (κ2) is 7.17. The standard InChI is InChI=1S/C18H24N4OS/c1-4-18(13-21(7-1)11-16-3-10-24-12-16)14-22(8-9-23-15-18)17-19-5-2-6-20-17/h2-3,5-6,10,12H,1,4,7-9,11,13-15H2. The zero-order valence-electron chi connectivity index (χ0n) is 13.9. The Bertz CT molecular complexity index is 636. The Labute approximate surface area is 147 Å². The summed E-state index contributed by atoms with van der Waals surface area (Å²) in [6.45, 7) is 6.77. The van der Waals surface area contributed by atoms with E-state index in [0.717, 1.165) is 45.3 Å². The molecule has 0 bridgehead atoms. The number of thiophene rings is 1. The zero-order valence-corrected chi connectivity index (χ0v) is 14.7. The van der Waals surface area contributed by atoms with Crippen molar-refractivity contribution in [2.45, 2.75) is 19.4 Å². The normalized spacial score (nSPS) is 25.8. The summed E-state index contributed by atoms with van der Waals surface area (Å²) >= 11 is 1.78. The molecule has 0 N–H and O–H groups in total. The third-order valence-electron chi connectivity index (χ3n) is 5.00. The molecule has 2 aromatic rings. The maximum Gasteiger partial charge on any atom is 0.225 e. The summed E-state index contributed by atoms with van der Waals surface area (Å²) in [4.78, 5) is 13.8. The number of piperidine rings is 1. The van der Waals surface area contributed by atoms with Crippen molar-refractivity contribution >= 4 is 17.3 Å². The van der Waals surface area contributed by atoms with E-state index in [4.69, 9.17) is 4.74 Å². The topological polar surface area (TPSA) is 41.5 Å². The molecule has 2 aromatic heterocycles. The Morgan fingerprint density at radius 2 is 2.12 bits per heavy atom. The fourth-order valence-electron chi connectivity index (χ4n) is 3.95. The minimum absolute atomic E-state index is 0.184. The van der Waals surface area contributed by atoms with Crippen molar-refractivity contribution in [1.29, 1.82) is 0 Å². The number of aromatic nitrogens is 2. The Hall–Kier alpha value is -1.50. The van der Waals surface area contributed by atoms with Crippen LogP contribution in [-0.2, 0) is 11.3 Å². The van der Waals surface area contributed by atoms with Gasteiger partial charge in [0.2, 0.25) is 5.95 Å². The summed E-state index contributed by atoms with van der Waals surface area (Å²) in [5.74, 6) is 0.831. The first kappa shape index (κ1) is 16.0. The van der Waals surface area contributed by atoms with Gasteiger partial charge in [-0.05, 0) is 47.8 Å². The van der Waals surface area contributed by atoms with Gasteiger partial charge in [-0.1, -0.05) is 0 Å². The van der Waals surface area contributed by atoms with E-state index in [9.17, 15) is 0 Å². The van der Waals surface area contributed by atoms with E-state index >= 15 is 0 Å². The molecule has 0 aromatic carbocycles. The van der Waals surface area contributed by atoms with E-state index in [-0.39, 0.29) is 5.41 Å². The molecule has 4 rings (SSSR count). The van der Waals surface area contributed by atoms with Crippen LogP contribution in [0.1, 0.15) is 18.4 Å². The first-order valence-corrected chi connectivity index (χ1v) is 9.61. The van der Waals surface area contributed by atoms with Crippen molar-refractivity contribution in [1.82, 2.24) is 14.9 Å². The van der Waals surface area contributed by atoms with Gasteiger partial charge in [-0.15, -0.1) is 0 Å². The molecule has 0 amide bonds. The fraction of sp³-hybridized carbons (Fsp3) is 0.556. The van der Waals surface area contributed by atoms with Crippen LogP contribution in [0, 0.1) is 5.41 Å². The number of rotatable bonds is 3. The van der Waals surface area contributed by atoms with Gasteiger partial charge < -0.3 is 9.64 Å². The molecule has 1 unspecified atom stereocenters. The van der Waals surface area contributed by atoms with Gasteiger partial charge in [0.25, 0.3) is 0 Å². The molecule has 0 saturated carbocycles. The lowest BCUT2D eigenvalue weighted by Crippen LogP contribution is -2.50. The Kier molecular flexibility index (Phi) is 4.78. The van der Waals surface area contributed by atoms with Crippen LogP contribution in [-0.4, -0.2) is 54.3 Å². The minimum Gasteiger partial charge on any atom is -0.379 e. The monoisotopic (exact) mass is 344 g/mol. The molecule has 128 valence electrons. The van der Waals surface area contributed by atoms with Crippen LogP contribution in [0.25, 0.3) is 0 Å². The van der Waals surface area contributed by atoms with Gasteiger partial charge >= 0.3 is 0 Å². The Balaban J connectivity index is 1.49. The van der Waals surface area contributed by atoms with Crippen molar-refractivity contribution in [3.05, 3.63) is 40.8 Å². The molecule has 4 heterocycles. The van der Waals surface area contributed by atoms with Gasteiger partial charge in [-0.3, -0.25) is 4.90 Å². The summed E-state index contributed by atoms with van der Waals surface area (Å²) in [5.41, 5.74) is 1.61. The smallest absolute Gasteiger partial charge is 0.225 e. The van der Waals surface area contributed by atoms with E-state index in [1.54, 1.807) is 11.3 Å². The van der Waals surface area contributed by atoms with Crippen LogP contribution >= 0.6 is 11.3 Å². The quantitative estimate of drug-likeness (QED) is 0.856. The van der Waals surface area contributed by atoms with Crippen LogP contribution in [0.15, 0.2) is 35.3 Å².